The maximum absolute atomic E-state index is 2.52. The first kappa shape index (κ1) is 24.8. The third kappa shape index (κ3) is 3.18. The van der Waals surface area contributed by atoms with E-state index in [-0.39, 0.29) is 5.41 Å². The Labute approximate surface area is 261 Å². The van der Waals surface area contributed by atoms with Crippen molar-refractivity contribution in [3.8, 4) is 22.5 Å². The second-order valence-corrected chi connectivity index (χ2v) is 13.0. The van der Waals surface area contributed by atoms with Crippen molar-refractivity contribution in [2.75, 3.05) is 0 Å². The number of nitrogens with zero attached hydrogens (tertiary/aromatic N) is 2. The molecule has 1 aliphatic carbocycles. The molecule has 0 saturated heterocycles. The van der Waals surface area contributed by atoms with Crippen LogP contribution in [0.4, 0.5) is 0 Å². The minimum Gasteiger partial charge on any atom is -0.309 e. The fraction of sp³-hybridized carbons (Fsp3) is 0.0698. The summed E-state index contributed by atoms with van der Waals surface area (Å²) in [4.78, 5) is 0. The lowest BCUT2D eigenvalue weighted by molar-refractivity contribution is 0.660. The van der Waals surface area contributed by atoms with Crippen molar-refractivity contribution in [1.29, 1.82) is 0 Å². The molecule has 0 aliphatic heterocycles. The number of para-hydroxylation sites is 3. The average Bonchev–Trinajstić information content (AvgIpc) is 3.69. The van der Waals surface area contributed by atoms with E-state index in [0.717, 1.165) is 0 Å². The molecule has 2 heterocycles. The molecule has 0 amide bonds. The van der Waals surface area contributed by atoms with Crippen molar-refractivity contribution >= 4 is 54.4 Å². The van der Waals surface area contributed by atoms with E-state index in [9.17, 15) is 0 Å². The number of benzene rings is 7. The zero-order chi connectivity index (χ0) is 29.9. The molecular weight excluding hydrogens is 544 g/mol. The summed E-state index contributed by atoms with van der Waals surface area (Å²) in [5, 5.41) is 7.62. The molecule has 0 fully saturated rings. The molecule has 2 nitrogen and oxygen atoms in total. The molecule has 212 valence electrons. The molecular formula is C43H30N2. The normalized spacial score (nSPS) is 13.7. The number of aromatic nitrogens is 2. The summed E-state index contributed by atoms with van der Waals surface area (Å²) in [5.74, 6) is 0. The van der Waals surface area contributed by atoms with Gasteiger partial charge in [0.2, 0.25) is 0 Å². The Hall–Kier alpha value is -5.60. The van der Waals surface area contributed by atoms with Gasteiger partial charge >= 0.3 is 0 Å². The van der Waals surface area contributed by atoms with Crippen LogP contribution in [0.1, 0.15) is 25.0 Å². The maximum Gasteiger partial charge on any atom is 0.0640 e. The highest BCUT2D eigenvalue weighted by Gasteiger charge is 2.35. The van der Waals surface area contributed by atoms with Gasteiger partial charge in [-0.05, 0) is 64.0 Å². The lowest BCUT2D eigenvalue weighted by Gasteiger charge is -2.21. The van der Waals surface area contributed by atoms with Crippen molar-refractivity contribution < 1.29 is 0 Å². The number of hydrogen-bond acceptors (Lipinski definition) is 0. The standard InChI is InChI=1S/C43H30N2/c1-43(2)36-17-9-6-14-30(36)35-26-29(22-25-37(35)43)45-39-19-11-8-16-32(39)34-24-21-27-20-23-33-31-15-7-10-18-38(31)44(28-12-4-3-5-13-28)41(33)40(27)42(34)45/h3-26H,1-2H3. The first-order valence-corrected chi connectivity index (χ1v) is 15.8. The topological polar surface area (TPSA) is 9.86 Å². The van der Waals surface area contributed by atoms with Crippen molar-refractivity contribution in [3.63, 3.8) is 0 Å². The van der Waals surface area contributed by atoms with Crippen LogP contribution in [0.3, 0.4) is 0 Å². The zero-order valence-electron chi connectivity index (χ0n) is 25.3. The fourth-order valence-electron chi connectivity index (χ4n) is 8.27. The zero-order valence-corrected chi connectivity index (χ0v) is 25.3. The summed E-state index contributed by atoms with van der Waals surface area (Å²) in [5.41, 5.74) is 12.8. The Morgan fingerprint density at radius 3 is 1.67 bits per heavy atom. The van der Waals surface area contributed by atoms with E-state index in [1.54, 1.807) is 0 Å². The molecule has 0 radical (unpaired) electrons. The van der Waals surface area contributed by atoms with Crippen LogP contribution in [0, 0.1) is 0 Å². The van der Waals surface area contributed by atoms with Crippen LogP contribution in [0.25, 0.3) is 76.9 Å². The van der Waals surface area contributed by atoms with Crippen molar-refractivity contribution in [2.45, 2.75) is 19.3 Å². The first-order chi connectivity index (χ1) is 22.1. The Balaban J connectivity index is 1.41. The second kappa shape index (κ2) is 8.74. The summed E-state index contributed by atoms with van der Waals surface area (Å²) in [7, 11) is 0. The van der Waals surface area contributed by atoms with Crippen molar-refractivity contribution in [1.82, 2.24) is 9.13 Å². The average molecular weight is 575 g/mol. The van der Waals surface area contributed by atoms with Crippen molar-refractivity contribution in [3.05, 3.63) is 157 Å². The van der Waals surface area contributed by atoms with Gasteiger partial charge in [0.1, 0.15) is 0 Å². The van der Waals surface area contributed by atoms with E-state index < -0.39 is 0 Å². The second-order valence-electron chi connectivity index (χ2n) is 13.0. The summed E-state index contributed by atoms with van der Waals surface area (Å²) in [6.07, 6.45) is 0. The fourth-order valence-corrected chi connectivity index (χ4v) is 8.27. The Bertz CT molecular complexity index is 2660. The predicted molar refractivity (Wildman–Crippen MR) is 190 cm³/mol. The van der Waals surface area contributed by atoms with Crippen LogP contribution in [-0.2, 0) is 5.41 Å². The molecule has 2 aromatic heterocycles. The van der Waals surface area contributed by atoms with E-state index in [1.165, 1.54) is 88.0 Å². The highest BCUT2D eigenvalue weighted by Crippen LogP contribution is 2.50. The van der Waals surface area contributed by atoms with Crippen LogP contribution in [0.2, 0.25) is 0 Å². The van der Waals surface area contributed by atoms with Gasteiger partial charge in [-0.1, -0.05) is 123 Å². The molecule has 9 aromatic rings. The van der Waals surface area contributed by atoms with Gasteiger partial charge in [0.15, 0.2) is 0 Å². The van der Waals surface area contributed by atoms with Crippen LogP contribution in [0.5, 0.6) is 0 Å². The molecule has 1 aliphatic rings. The van der Waals surface area contributed by atoms with Crippen LogP contribution in [0.15, 0.2) is 146 Å². The van der Waals surface area contributed by atoms with Gasteiger partial charge in [-0.15, -0.1) is 0 Å². The molecule has 0 unspecified atom stereocenters. The molecule has 0 bridgehead atoms. The van der Waals surface area contributed by atoms with Crippen molar-refractivity contribution in [2.24, 2.45) is 0 Å². The molecule has 45 heavy (non-hydrogen) atoms. The molecule has 7 aromatic carbocycles. The molecule has 0 spiro atoms. The number of rotatable bonds is 2. The monoisotopic (exact) mass is 574 g/mol. The highest BCUT2D eigenvalue weighted by molar-refractivity contribution is 6.28. The maximum atomic E-state index is 2.52. The number of hydrogen-bond donors (Lipinski definition) is 0. The smallest absolute Gasteiger partial charge is 0.0640 e. The Morgan fingerprint density at radius 2 is 0.978 bits per heavy atom. The Morgan fingerprint density at radius 1 is 0.422 bits per heavy atom. The van der Waals surface area contributed by atoms with Gasteiger partial charge in [0, 0.05) is 43.7 Å². The third-order valence-corrected chi connectivity index (χ3v) is 10.3. The lowest BCUT2D eigenvalue weighted by atomic mass is 9.82. The van der Waals surface area contributed by atoms with E-state index in [1.807, 2.05) is 0 Å². The summed E-state index contributed by atoms with van der Waals surface area (Å²) >= 11 is 0. The first-order valence-electron chi connectivity index (χ1n) is 15.8. The molecule has 0 N–H and O–H groups in total. The van der Waals surface area contributed by atoms with Gasteiger partial charge in [0.25, 0.3) is 0 Å². The molecule has 10 rings (SSSR count). The van der Waals surface area contributed by atoms with E-state index >= 15 is 0 Å². The van der Waals surface area contributed by atoms with Crippen LogP contribution < -0.4 is 0 Å². The molecule has 0 atom stereocenters. The van der Waals surface area contributed by atoms with Gasteiger partial charge in [-0.25, -0.2) is 0 Å². The minimum absolute atomic E-state index is 0.0270. The SMILES string of the molecule is CC1(C)c2ccccc2-c2cc(-n3c4ccccc4c4ccc5ccc6c7ccccc7n(-c7ccccc7)c6c5c43)ccc21. The summed E-state index contributed by atoms with van der Waals surface area (Å²) in [6.45, 7) is 4.70. The minimum atomic E-state index is -0.0270. The van der Waals surface area contributed by atoms with E-state index in [4.69, 9.17) is 0 Å². The molecule has 0 saturated carbocycles. The third-order valence-electron chi connectivity index (χ3n) is 10.3. The Kier molecular flexibility index (Phi) is 4.82. The van der Waals surface area contributed by atoms with Crippen LogP contribution >= 0.6 is 0 Å². The number of fused-ring (bicyclic) bond motifs is 12. The molecule has 2 heteroatoms. The lowest BCUT2D eigenvalue weighted by Crippen LogP contribution is -2.14. The van der Waals surface area contributed by atoms with Gasteiger partial charge in [-0.3, -0.25) is 0 Å². The quantitative estimate of drug-likeness (QED) is 0.194. The van der Waals surface area contributed by atoms with Crippen LogP contribution in [-0.4, -0.2) is 9.13 Å². The summed E-state index contributed by atoms with van der Waals surface area (Å²) in [6, 6.07) is 53.8. The van der Waals surface area contributed by atoms with E-state index in [2.05, 4.69) is 169 Å². The van der Waals surface area contributed by atoms with Gasteiger partial charge in [0.05, 0.1) is 22.1 Å². The largest absolute Gasteiger partial charge is 0.309 e. The van der Waals surface area contributed by atoms with E-state index in [0.29, 0.717) is 0 Å². The summed E-state index contributed by atoms with van der Waals surface area (Å²) < 4.78 is 4.99. The van der Waals surface area contributed by atoms with Gasteiger partial charge in [-0.2, -0.15) is 0 Å². The van der Waals surface area contributed by atoms with Gasteiger partial charge < -0.3 is 9.13 Å². The predicted octanol–water partition coefficient (Wildman–Crippen LogP) is 11.3. The highest BCUT2D eigenvalue weighted by atomic mass is 15.0.